The van der Waals surface area contributed by atoms with E-state index in [1.54, 1.807) is 0 Å². The van der Waals surface area contributed by atoms with Crippen molar-refractivity contribution in [2.75, 3.05) is 0 Å². The quantitative estimate of drug-likeness (QED) is 0.597. The molecular weight excluding hydrogens is 236 g/mol. The van der Waals surface area contributed by atoms with Crippen LogP contribution in [0.5, 0.6) is 0 Å². The minimum absolute atomic E-state index is 0. The summed E-state index contributed by atoms with van der Waals surface area (Å²) in [5.41, 5.74) is 0. The van der Waals surface area contributed by atoms with Crippen LogP contribution in [0.3, 0.4) is 0 Å². The van der Waals surface area contributed by atoms with Crippen LogP contribution in [0.1, 0.15) is 39.0 Å². The van der Waals surface area contributed by atoms with Gasteiger partial charge in [-0.15, -0.1) is 0 Å². The summed E-state index contributed by atoms with van der Waals surface area (Å²) in [4.78, 5) is 21.5. The molecule has 0 aliphatic heterocycles. The molecule has 16 heavy (non-hydrogen) atoms. The van der Waals surface area contributed by atoms with Crippen LogP contribution >= 0.6 is 0 Å². The molecule has 3 unspecified atom stereocenters. The van der Waals surface area contributed by atoms with E-state index >= 15 is 0 Å². The van der Waals surface area contributed by atoms with Crippen LogP contribution in [0.15, 0.2) is 0 Å². The van der Waals surface area contributed by atoms with Gasteiger partial charge in [-0.1, -0.05) is 19.8 Å². The second kappa shape index (κ2) is 7.51. The second-order valence-corrected chi connectivity index (χ2v) is 4.32. The largest absolute Gasteiger partial charge is 2.00 e. The Morgan fingerprint density at radius 1 is 1.12 bits per heavy atom. The summed E-state index contributed by atoms with van der Waals surface area (Å²) < 4.78 is 0. The zero-order valence-electron chi connectivity index (χ0n) is 9.61. The summed E-state index contributed by atoms with van der Waals surface area (Å²) in [6.07, 6.45) is 3.58. The van der Waals surface area contributed by atoms with Gasteiger partial charge in [-0.05, 0) is 25.2 Å². The zero-order valence-corrected chi connectivity index (χ0v) is 11.8. The molecule has 0 spiro atoms. The molecule has 0 aromatic carbocycles. The summed E-state index contributed by atoms with van der Waals surface area (Å²) in [5, 5.41) is 21.5. The Hall–Kier alpha value is 0.200. The van der Waals surface area contributed by atoms with Crippen molar-refractivity contribution in [1.82, 2.24) is 0 Å². The molecule has 0 amide bonds. The molecule has 1 aliphatic rings. The molecule has 3 atom stereocenters. The van der Waals surface area contributed by atoms with Crippen LogP contribution in [0, 0.1) is 17.8 Å². The molecule has 0 heterocycles. The monoisotopic (exact) mass is 252 g/mol. The Labute approximate surface area is 125 Å². The molecule has 5 heteroatoms. The van der Waals surface area contributed by atoms with Crippen molar-refractivity contribution in [1.29, 1.82) is 0 Å². The van der Waals surface area contributed by atoms with E-state index in [0.29, 0.717) is 18.8 Å². The Balaban J connectivity index is 0.00000225. The number of carboxylic acid groups (broad SMARTS) is 2. The van der Waals surface area contributed by atoms with Gasteiger partial charge in [-0.2, -0.15) is 0 Å². The maximum atomic E-state index is 10.8. The van der Waals surface area contributed by atoms with Crippen LogP contribution in [-0.4, -0.2) is 49.7 Å². The SMILES string of the molecule is CCCC1CCC(C(=O)[O-])C(C(=O)[O-])C1.[Ca+2]. The van der Waals surface area contributed by atoms with Crippen molar-refractivity contribution < 1.29 is 19.8 Å². The molecule has 0 aromatic rings. The molecule has 0 bridgehead atoms. The number of aliphatic carboxylic acids is 2. The first kappa shape index (κ1) is 16.2. The molecule has 86 valence electrons. The van der Waals surface area contributed by atoms with Crippen LogP contribution in [0.2, 0.25) is 0 Å². The van der Waals surface area contributed by atoms with E-state index in [4.69, 9.17) is 0 Å². The van der Waals surface area contributed by atoms with E-state index in [-0.39, 0.29) is 37.7 Å². The smallest absolute Gasteiger partial charge is 0.550 e. The molecule has 1 fully saturated rings. The number of hydrogen-bond donors (Lipinski definition) is 0. The van der Waals surface area contributed by atoms with Crippen LogP contribution < -0.4 is 10.2 Å². The standard InChI is InChI=1S/C11H18O4.Ca/c1-2-3-7-4-5-8(10(12)13)9(6-7)11(14)15;/h7-9H,2-6H2,1H3,(H,12,13)(H,14,15);/q;+2/p-2. The maximum Gasteiger partial charge on any atom is 2.00 e. The third-order valence-corrected chi connectivity index (χ3v) is 3.26. The van der Waals surface area contributed by atoms with Gasteiger partial charge in [0.2, 0.25) is 0 Å². The number of carbonyl (C=O) groups is 2. The molecule has 0 aromatic heterocycles. The fourth-order valence-corrected chi connectivity index (χ4v) is 2.47. The first-order chi connectivity index (χ1) is 7.06. The van der Waals surface area contributed by atoms with Gasteiger partial charge in [0.05, 0.1) is 0 Å². The molecule has 1 aliphatic carbocycles. The Kier molecular flexibility index (Phi) is 7.60. The zero-order chi connectivity index (χ0) is 11.4. The number of carbonyl (C=O) groups excluding carboxylic acids is 2. The third kappa shape index (κ3) is 4.22. The maximum absolute atomic E-state index is 10.8. The average Bonchev–Trinajstić information content (AvgIpc) is 2.17. The van der Waals surface area contributed by atoms with Crippen LogP contribution in [0.4, 0.5) is 0 Å². The molecule has 0 N–H and O–H groups in total. The molecule has 0 radical (unpaired) electrons. The van der Waals surface area contributed by atoms with Crippen molar-refractivity contribution in [3.63, 3.8) is 0 Å². The first-order valence-electron chi connectivity index (χ1n) is 5.48. The minimum atomic E-state index is -1.25. The van der Waals surface area contributed by atoms with Gasteiger partial charge in [0, 0.05) is 23.8 Å². The van der Waals surface area contributed by atoms with Crippen molar-refractivity contribution in [2.45, 2.75) is 39.0 Å². The second-order valence-electron chi connectivity index (χ2n) is 4.32. The summed E-state index contributed by atoms with van der Waals surface area (Å²) in [5.74, 6) is -3.89. The van der Waals surface area contributed by atoms with Gasteiger partial charge in [0.25, 0.3) is 0 Å². The van der Waals surface area contributed by atoms with E-state index < -0.39 is 23.8 Å². The van der Waals surface area contributed by atoms with Gasteiger partial charge < -0.3 is 19.8 Å². The molecule has 0 saturated heterocycles. The fraction of sp³-hybridized carbons (Fsp3) is 0.818. The topological polar surface area (TPSA) is 80.3 Å². The van der Waals surface area contributed by atoms with E-state index in [0.717, 1.165) is 19.3 Å². The van der Waals surface area contributed by atoms with Gasteiger partial charge in [-0.3, -0.25) is 0 Å². The van der Waals surface area contributed by atoms with Crippen molar-refractivity contribution in [3.05, 3.63) is 0 Å². The van der Waals surface area contributed by atoms with E-state index in [1.165, 1.54) is 0 Å². The third-order valence-electron chi connectivity index (χ3n) is 3.26. The van der Waals surface area contributed by atoms with Crippen LogP contribution in [0.25, 0.3) is 0 Å². The molecule has 4 nitrogen and oxygen atoms in total. The average molecular weight is 252 g/mol. The molecule has 1 rings (SSSR count). The minimum Gasteiger partial charge on any atom is -0.550 e. The Morgan fingerprint density at radius 3 is 2.12 bits per heavy atom. The van der Waals surface area contributed by atoms with Crippen molar-refractivity contribution in [2.24, 2.45) is 17.8 Å². The number of rotatable bonds is 4. The number of hydrogen-bond acceptors (Lipinski definition) is 4. The summed E-state index contributed by atoms with van der Waals surface area (Å²) in [6, 6.07) is 0. The van der Waals surface area contributed by atoms with Gasteiger partial charge >= 0.3 is 37.7 Å². The fourth-order valence-electron chi connectivity index (χ4n) is 2.47. The first-order valence-corrected chi connectivity index (χ1v) is 5.48. The predicted octanol–water partition coefficient (Wildman–Crippen LogP) is -1.06. The summed E-state index contributed by atoms with van der Waals surface area (Å²) in [7, 11) is 0. The summed E-state index contributed by atoms with van der Waals surface area (Å²) in [6.45, 7) is 2.04. The Morgan fingerprint density at radius 2 is 1.69 bits per heavy atom. The van der Waals surface area contributed by atoms with E-state index in [2.05, 4.69) is 0 Å². The number of carboxylic acids is 2. The van der Waals surface area contributed by atoms with Crippen molar-refractivity contribution in [3.8, 4) is 0 Å². The van der Waals surface area contributed by atoms with Gasteiger partial charge in [0.15, 0.2) is 0 Å². The molecule has 1 saturated carbocycles. The summed E-state index contributed by atoms with van der Waals surface area (Å²) >= 11 is 0. The van der Waals surface area contributed by atoms with Crippen LogP contribution in [-0.2, 0) is 9.59 Å². The van der Waals surface area contributed by atoms with E-state index in [9.17, 15) is 19.8 Å². The normalized spacial score (nSPS) is 29.2. The molecular formula is C11H16CaO4. The Bertz CT molecular complexity index is 254. The van der Waals surface area contributed by atoms with Gasteiger partial charge in [0.1, 0.15) is 0 Å². The van der Waals surface area contributed by atoms with Gasteiger partial charge in [-0.25, -0.2) is 0 Å². The van der Waals surface area contributed by atoms with Crippen molar-refractivity contribution >= 4 is 49.7 Å². The predicted molar refractivity (Wildman–Crippen MR) is 55.0 cm³/mol. The van der Waals surface area contributed by atoms with E-state index in [1.807, 2.05) is 6.92 Å².